The molecule has 0 radical (unpaired) electrons. The molecule has 0 amide bonds. The normalized spacial score (nSPS) is 11.2. The minimum atomic E-state index is -2.95. The number of rotatable bonds is 4. The maximum atomic E-state index is 14.1. The molecule has 114 valence electrons. The van der Waals surface area contributed by atoms with E-state index in [1.165, 1.54) is 5.56 Å². The first-order chi connectivity index (χ1) is 11.1. The van der Waals surface area contributed by atoms with E-state index >= 15 is 0 Å². The van der Waals surface area contributed by atoms with Crippen LogP contribution in [-0.4, -0.2) is 0 Å². The van der Waals surface area contributed by atoms with Crippen molar-refractivity contribution >= 4 is 23.1 Å². The predicted octanol–water partition coefficient (Wildman–Crippen LogP) is 4.98. The minimum Gasteiger partial charge on any atom is -0.309 e. The number of aryl methyl sites for hydroxylation is 1. The van der Waals surface area contributed by atoms with Gasteiger partial charge in [-0.05, 0) is 12.5 Å². The van der Waals surface area contributed by atoms with Crippen molar-refractivity contribution in [2.75, 3.05) is 0 Å². The zero-order valence-electron chi connectivity index (χ0n) is 13.1. The molecule has 1 nitrogen and oxygen atoms in total. The fourth-order valence-electron chi connectivity index (χ4n) is 2.66. The smallest absolute Gasteiger partial charge is 0.171 e. The topological polar surface area (TPSA) is 17.1 Å². The van der Waals surface area contributed by atoms with Gasteiger partial charge in [-0.25, -0.2) is 0 Å². The summed E-state index contributed by atoms with van der Waals surface area (Å²) < 4.78 is 14.1. The molecule has 3 aromatic rings. The Morgan fingerprint density at radius 3 is 1.61 bits per heavy atom. The van der Waals surface area contributed by atoms with Gasteiger partial charge in [-0.1, -0.05) is 97.1 Å². The largest absolute Gasteiger partial charge is 0.309 e. The predicted molar refractivity (Wildman–Crippen MR) is 100.0 cm³/mol. The van der Waals surface area contributed by atoms with E-state index in [0.29, 0.717) is 5.31 Å². The van der Waals surface area contributed by atoms with Crippen molar-refractivity contribution in [3.05, 3.63) is 103 Å². The third-order valence-electron chi connectivity index (χ3n) is 4.00. The van der Waals surface area contributed by atoms with Crippen LogP contribution in [0, 0.1) is 6.92 Å². The highest BCUT2D eigenvalue weighted by molar-refractivity contribution is 7.87. The molecule has 0 saturated carbocycles. The monoisotopic (exact) mass is 318 g/mol. The van der Waals surface area contributed by atoms with Gasteiger partial charge in [-0.15, -0.1) is 0 Å². The summed E-state index contributed by atoms with van der Waals surface area (Å²) in [4.78, 5) is 0. The van der Waals surface area contributed by atoms with Crippen LogP contribution >= 0.6 is 7.14 Å². The van der Waals surface area contributed by atoms with Gasteiger partial charge >= 0.3 is 0 Å². The summed E-state index contributed by atoms with van der Waals surface area (Å²) >= 11 is 0. The first kappa shape index (κ1) is 15.5. The molecule has 2 heteroatoms. The lowest BCUT2D eigenvalue weighted by atomic mass is 10.1. The van der Waals surface area contributed by atoms with Crippen molar-refractivity contribution in [1.82, 2.24) is 0 Å². The van der Waals surface area contributed by atoms with Crippen LogP contribution in [-0.2, 0) is 4.57 Å². The van der Waals surface area contributed by atoms with E-state index < -0.39 is 7.14 Å². The molecule has 0 aliphatic rings. The van der Waals surface area contributed by atoms with Crippen molar-refractivity contribution in [3.63, 3.8) is 0 Å². The molecule has 0 fully saturated rings. The van der Waals surface area contributed by atoms with Gasteiger partial charge in [0, 0.05) is 15.9 Å². The Bertz CT molecular complexity index is 806. The lowest BCUT2D eigenvalue weighted by Crippen LogP contribution is -2.16. The van der Waals surface area contributed by atoms with Crippen LogP contribution in [0.25, 0.3) is 5.31 Å². The summed E-state index contributed by atoms with van der Waals surface area (Å²) in [5.41, 5.74) is 2.10. The quantitative estimate of drug-likeness (QED) is 0.620. The van der Waals surface area contributed by atoms with Crippen LogP contribution in [0.3, 0.4) is 0 Å². The molecule has 0 unspecified atom stereocenters. The molecule has 0 aromatic heterocycles. The van der Waals surface area contributed by atoms with Crippen molar-refractivity contribution in [2.24, 2.45) is 0 Å². The van der Waals surface area contributed by atoms with Gasteiger partial charge < -0.3 is 4.57 Å². The highest BCUT2D eigenvalue weighted by Gasteiger charge is 2.31. The third-order valence-corrected chi connectivity index (χ3v) is 7.07. The molecule has 3 rings (SSSR count). The molecule has 0 saturated heterocycles. The van der Waals surface area contributed by atoms with E-state index in [4.69, 9.17) is 0 Å². The Labute approximate surface area is 137 Å². The highest BCUT2D eigenvalue weighted by Crippen LogP contribution is 2.55. The van der Waals surface area contributed by atoms with Crippen LogP contribution in [0.15, 0.2) is 91.5 Å². The average molecular weight is 318 g/mol. The summed E-state index contributed by atoms with van der Waals surface area (Å²) in [7, 11) is -2.95. The Kier molecular flexibility index (Phi) is 4.32. The molecular formula is C21H19OP. The maximum Gasteiger partial charge on any atom is 0.171 e. The molecule has 0 atom stereocenters. The van der Waals surface area contributed by atoms with Crippen molar-refractivity contribution < 1.29 is 4.57 Å². The fraction of sp³-hybridized carbons (Fsp3) is 0.0476. The van der Waals surface area contributed by atoms with Crippen molar-refractivity contribution in [3.8, 4) is 0 Å². The van der Waals surface area contributed by atoms with E-state index in [-0.39, 0.29) is 0 Å². The van der Waals surface area contributed by atoms with Gasteiger partial charge in [-0.2, -0.15) is 0 Å². The molecule has 3 aromatic carbocycles. The van der Waals surface area contributed by atoms with E-state index in [1.807, 2.05) is 91.9 Å². The lowest BCUT2D eigenvalue weighted by Gasteiger charge is -2.22. The molecule has 0 aliphatic heterocycles. The Morgan fingerprint density at radius 2 is 1.17 bits per heavy atom. The number of hydrogen-bond acceptors (Lipinski definition) is 1. The first-order valence-electron chi connectivity index (χ1n) is 7.60. The van der Waals surface area contributed by atoms with Crippen LogP contribution in [0.5, 0.6) is 0 Å². The number of benzene rings is 3. The van der Waals surface area contributed by atoms with Gasteiger partial charge in [0.15, 0.2) is 7.14 Å². The summed E-state index contributed by atoms with van der Waals surface area (Å²) in [5.74, 6) is 0. The van der Waals surface area contributed by atoms with Gasteiger partial charge in [0.25, 0.3) is 0 Å². The Balaban J connectivity index is 2.19. The van der Waals surface area contributed by atoms with Gasteiger partial charge in [0.05, 0.1) is 0 Å². The molecular weight excluding hydrogens is 299 g/mol. The van der Waals surface area contributed by atoms with Crippen LogP contribution < -0.4 is 10.6 Å². The minimum absolute atomic E-state index is 0.676. The van der Waals surface area contributed by atoms with E-state index in [1.54, 1.807) is 0 Å². The maximum absolute atomic E-state index is 14.1. The van der Waals surface area contributed by atoms with Gasteiger partial charge in [0.2, 0.25) is 0 Å². The zero-order valence-corrected chi connectivity index (χ0v) is 14.0. The van der Waals surface area contributed by atoms with E-state index in [0.717, 1.165) is 16.2 Å². The van der Waals surface area contributed by atoms with Gasteiger partial charge in [-0.3, -0.25) is 0 Å². The average Bonchev–Trinajstić information content (AvgIpc) is 2.62. The standard InChI is InChI=1S/C21H19OP/c1-17-13-15-19(16-14-17)18(2)23(22,20-9-5-3-6-10-20)21-11-7-4-8-12-21/h3-16H,2H2,1H3. The molecule has 23 heavy (non-hydrogen) atoms. The highest BCUT2D eigenvalue weighted by atomic mass is 31.2. The summed E-state index contributed by atoms with van der Waals surface area (Å²) in [5, 5.41) is 2.31. The number of hydrogen-bond donors (Lipinski definition) is 0. The van der Waals surface area contributed by atoms with E-state index in [9.17, 15) is 4.57 Å². The second-order valence-corrected chi connectivity index (χ2v) is 8.38. The van der Waals surface area contributed by atoms with Crippen molar-refractivity contribution in [1.29, 1.82) is 0 Å². The van der Waals surface area contributed by atoms with Gasteiger partial charge in [0.1, 0.15) is 0 Å². The Hall–Kier alpha value is -2.37. The molecule has 0 aliphatic carbocycles. The third kappa shape index (κ3) is 2.93. The molecule has 0 N–H and O–H groups in total. The fourth-order valence-corrected chi connectivity index (χ4v) is 5.28. The summed E-state index contributed by atoms with van der Waals surface area (Å²) in [6.45, 7) is 6.26. The van der Waals surface area contributed by atoms with E-state index in [2.05, 4.69) is 6.58 Å². The second-order valence-electron chi connectivity index (χ2n) is 5.59. The van der Waals surface area contributed by atoms with Crippen LogP contribution in [0.1, 0.15) is 11.1 Å². The second kappa shape index (κ2) is 6.40. The molecule has 0 bridgehead atoms. The van der Waals surface area contributed by atoms with Crippen LogP contribution in [0.4, 0.5) is 0 Å². The Morgan fingerprint density at radius 1 is 0.739 bits per heavy atom. The van der Waals surface area contributed by atoms with Crippen molar-refractivity contribution in [2.45, 2.75) is 6.92 Å². The van der Waals surface area contributed by atoms with Crippen LogP contribution in [0.2, 0.25) is 0 Å². The lowest BCUT2D eigenvalue weighted by molar-refractivity contribution is 0.593. The first-order valence-corrected chi connectivity index (χ1v) is 9.31. The summed E-state index contributed by atoms with van der Waals surface area (Å²) in [6.07, 6.45) is 0. The molecule has 0 heterocycles. The zero-order chi connectivity index (χ0) is 16.3. The summed E-state index contributed by atoms with van der Waals surface area (Å²) in [6, 6.07) is 27.3. The molecule has 0 spiro atoms. The SMILES string of the molecule is C=C(c1ccc(C)cc1)P(=O)(c1ccccc1)c1ccccc1.